The first kappa shape index (κ1) is 18.5. The Kier molecular flexibility index (Phi) is 5.97. The van der Waals surface area contributed by atoms with Crippen LogP contribution >= 0.6 is 23.2 Å². The molecule has 0 N–H and O–H groups in total. The summed E-state index contributed by atoms with van der Waals surface area (Å²) in [4.78, 5) is 4.50. The average Bonchev–Trinajstić information content (AvgIpc) is 2.63. The molecule has 0 aliphatic rings. The van der Waals surface area contributed by atoms with Crippen molar-refractivity contribution in [1.29, 1.82) is 0 Å². The Labute approximate surface area is 164 Å². The SMILES string of the molecule is Cc1ccc(COc2ccc(Cl)cc2C=Nc2ccc(C)c(Cl)c2)cc1. The first-order valence-electron chi connectivity index (χ1n) is 8.29. The van der Waals surface area contributed by atoms with Crippen LogP contribution in [0.5, 0.6) is 5.75 Å². The van der Waals surface area contributed by atoms with Crippen molar-refractivity contribution in [3.05, 3.63) is 93.0 Å². The van der Waals surface area contributed by atoms with E-state index in [1.807, 2.05) is 43.3 Å². The molecule has 0 bridgehead atoms. The summed E-state index contributed by atoms with van der Waals surface area (Å²) in [5.41, 5.74) is 4.96. The third-order valence-corrected chi connectivity index (χ3v) is 4.64. The number of rotatable bonds is 5. The van der Waals surface area contributed by atoms with E-state index in [2.05, 4.69) is 36.2 Å². The van der Waals surface area contributed by atoms with Crippen LogP contribution in [0.2, 0.25) is 10.0 Å². The lowest BCUT2D eigenvalue weighted by atomic mass is 10.1. The molecular weight excluding hydrogens is 365 g/mol. The van der Waals surface area contributed by atoms with Gasteiger partial charge in [-0.15, -0.1) is 0 Å². The van der Waals surface area contributed by atoms with Crippen LogP contribution in [0.1, 0.15) is 22.3 Å². The molecule has 26 heavy (non-hydrogen) atoms. The van der Waals surface area contributed by atoms with Gasteiger partial charge >= 0.3 is 0 Å². The van der Waals surface area contributed by atoms with Crippen molar-refractivity contribution in [1.82, 2.24) is 0 Å². The van der Waals surface area contributed by atoms with Gasteiger partial charge < -0.3 is 4.74 Å². The molecule has 2 nitrogen and oxygen atoms in total. The smallest absolute Gasteiger partial charge is 0.128 e. The summed E-state index contributed by atoms with van der Waals surface area (Å²) in [6.45, 7) is 4.51. The minimum Gasteiger partial charge on any atom is -0.488 e. The Morgan fingerprint density at radius 3 is 2.42 bits per heavy atom. The van der Waals surface area contributed by atoms with Gasteiger partial charge in [-0.05, 0) is 55.3 Å². The van der Waals surface area contributed by atoms with E-state index in [1.54, 1.807) is 6.21 Å². The van der Waals surface area contributed by atoms with Crippen LogP contribution in [0.4, 0.5) is 5.69 Å². The predicted octanol–water partition coefficient (Wildman–Crippen LogP) is 6.94. The second-order valence-electron chi connectivity index (χ2n) is 6.15. The molecular formula is C22H19Cl2NO. The first-order valence-corrected chi connectivity index (χ1v) is 9.05. The standard InChI is InChI=1S/C22H19Cl2NO/c1-15-3-6-17(7-4-15)14-26-22-10-8-19(23)11-18(22)13-25-20-9-5-16(2)21(24)12-20/h3-13H,14H2,1-2H3. The van der Waals surface area contributed by atoms with Gasteiger partial charge in [0.05, 0.1) is 5.69 Å². The van der Waals surface area contributed by atoms with Gasteiger partial charge in [-0.2, -0.15) is 0 Å². The van der Waals surface area contributed by atoms with Gasteiger partial charge in [0.2, 0.25) is 0 Å². The fraction of sp³-hybridized carbons (Fsp3) is 0.136. The molecule has 0 heterocycles. The van der Waals surface area contributed by atoms with E-state index < -0.39 is 0 Å². The zero-order valence-corrected chi connectivity index (χ0v) is 16.2. The maximum Gasteiger partial charge on any atom is 0.128 e. The van der Waals surface area contributed by atoms with Crippen LogP contribution in [0, 0.1) is 13.8 Å². The van der Waals surface area contributed by atoms with Crippen LogP contribution in [-0.2, 0) is 6.61 Å². The molecule has 3 aromatic carbocycles. The fourth-order valence-corrected chi connectivity index (χ4v) is 2.76. The lowest BCUT2D eigenvalue weighted by molar-refractivity contribution is 0.306. The Morgan fingerprint density at radius 2 is 1.69 bits per heavy atom. The highest BCUT2D eigenvalue weighted by Gasteiger charge is 2.04. The molecule has 0 amide bonds. The molecule has 0 aromatic heterocycles. The third-order valence-electron chi connectivity index (χ3n) is 3.99. The number of benzene rings is 3. The fourth-order valence-electron chi connectivity index (χ4n) is 2.40. The van der Waals surface area contributed by atoms with Crippen molar-refractivity contribution in [2.75, 3.05) is 0 Å². The summed E-state index contributed by atoms with van der Waals surface area (Å²) < 4.78 is 5.97. The number of aliphatic imine (C=N–C) groups is 1. The highest BCUT2D eigenvalue weighted by atomic mass is 35.5. The second kappa shape index (κ2) is 8.39. The molecule has 4 heteroatoms. The molecule has 0 aliphatic heterocycles. The molecule has 0 saturated carbocycles. The van der Waals surface area contributed by atoms with Crippen molar-refractivity contribution < 1.29 is 4.74 Å². The Balaban J connectivity index is 1.79. The van der Waals surface area contributed by atoms with Gasteiger partial charge in [-0.1, -0.05) is 59.1 Å². The van der Waals surface area contributed by atoms with E-state index in [1.165, 1.54) is 5.56 Å². The van der Waals surface area contributed by atoms with Gasteiger partial charge in [-0.25, -0.2) is 0 Å². The summed E-state index contributed by atoms with van der Waals surface area (Å²) in [5, 5.41) is 1.33. The Morgan fingerprint density at radius 1 is 0.923 bits per heavy atom. The summed E-state index contributed by atoms with van der Waals surface area (Å²) >= 11 is 12.3. The molecule has 0 radical (unpaired) electrons. The van der Waals surface area contributed by atoms with Crippen molar-refractivity contribution >= 4 is 35.1 Å². The van der Waals surface area contributed by atoms with Crippen LogP contribution < -0.4 is 4.74 Å². The summed E-state index contributed by atoms with van der Waals surface area (Å²) in [5.74, 6) is 0.733. The van der Waals surface area contributed by atoms with Gasteiger partial charge in [0.15, 0.2) is 0 Å². The van der Waals surface area contributed by atoms with Crippen LogP contribution in [-0.4, -0.2) is 6.21 Å². The van der Waals surface area contributed by atoms with E-state index in [9.17, 15) is 0 Å². The number of nitrogens with zero attached hydrogens (tertiary/aromatic N) is 1. The Bertz CT molecular complexity index is 933. The van der Waals surface area contributed by atoms with Gasteiger partial charge in [0.25, 0.3) is 0 Å². The number of aryl methyl sites for hydroxylation is 2. The summed E-state index contributed by atoms with van der Waals surface area (Å²) in [6, 6.07) is 19.5. The van der Waals surface area contributed by atoms with E-state index >= 15 is 0 Å². The highest BCUT2D eigenvalue weighted by molar-refractivity contribution is 6.31. The number of halogens is 2. The first-order chi connectivity index (χ1) is 12.5. The van der Waals surface area contributed by atoms with Gasteiger partial charge in [0.1, 0.15) is 12.4 Å². The predicted molar refractivity (Wildman–Crippen MR) is 110 cm³/mol. The average molecular weight is 384 g/mol. The third kappa shape index (κ3) is 4.87. The summed E-state index contributed by atoms with van der Waals surface area (Å²) in [6.07, 6.45) is 1.75. The topological polar surface area (TPSA) is 21.6 Å². The minimum atomic E-state index is 0.485. The zero-order valence-electron chi connectivity index (χ0n) is 14.7. The van der Waals surface area contributed by atoms with E-state index in [0.29, 0.717) is 16.7 Å². The summed E-state index contributed by atoms with van der Waals surface area (Å²) in [7, 11) is 0. The maximum atomic E-state index is 6.16. The van der Waals surface area contributed by atoms with E-state index in [4.69, 9.17) is 27.9 Å². The van der Waals surface area contributed by atoms with Crippen molar-refractivity contribution in [3.8, 4) is 5.75 Å². The minimum absolute atomic E-state index is 0.485. The molecule has 0 fully saturated rings. The molecule has 0 spiro atoms. The van der Waals surface area contributed by atoms with Crippen LogP contribution in [0.25, 0.3) is 0 Å². The number of ether oxygens (including phenoxy) is 1. The molecule has 0 atom stereocenters. The number of hydrogen-bond donors (Lipinski definition) is 0. The van der Waals surface area contributed by atoms with Crippen molar-refractivity contribution in [3.63, 3.8) is 0 Å². The van der Waals surface area contributed by atoms with E-state index in [0.717, 1.165) is 28.1 Å². The molecule has 0 unspecified atom stereocenters. The van der Waals surface area contributed by atoms with Crippen LogP contribution in [0.3, 0.4) is 0 Å². The van der Waals surface area contributed by atoms with Gasteiger partial charge in [0, 0.05) is 21.8 Å². The molecule has 132 valence electrons. The number of hydrogen-bond acceptors (Lipinski definition) is 2. The quantitative estimate of drug-likeness (QED) is 0.437. The van der Waals surface area contributed by atoms with Crippen molar-refractivity contribution in [2.24, 2.45) is 4.99 Å². The largest absolute Gasteiger partial charge is 0.488 e. The molecule has 3 rings (SSSR count). The second-order valence-corrected chi connectivity index (χ2v) is 6.99. The lowest BCUT2D eigenvalue weighted by Crippen LogP contribution is -1.98. The van der Waals surface area contributed by atoms with Crippen LogP contribution in [0.15, 0.2) is 65.7 Å². The van der Waals surface area contributed by atoms with E-state index in [-0.39, 0.29) is 0 Å². The highest BCUT2D eigenvalue weighted by Crippen LogP contribution is 2.25. The molecule has 0 saturated heterocycles. The lowest BCUT2D eigenvalue weighted by Gasteiger charge is -2.10. The zero-order chi connectivity index (χ0) is 18.5. The Hall–Kier alpha value is -2.29. The molecule has 3 aromatic rings. The maximum absolute atomic E-state index is 6.16. The van der Waals surface area contributed by atoms with Gasteiger partial charge in [-0.3, -0.25) is 4.99 Å². The van der Waals surface area contributed by atoms with Crippen molar-refractivity contribution in [2.45, 2.75) is 20.5 Å². The normalized spacial score (nSPS) is 11.1. The molecule has 0 aliphatic carbocycles. The monoisotopic (exact) mass is 383 g/mol.